The quantitative estimate of drug-likeness (QED) is 0.629. The van der Waals surface area contributed by atoms with E-state index in [-0.39, 0.29) is 11.9 Å². The average molecular weight is 397 g/mol. The van der Waals surface area contributed by atoms with E-state index in [1.807, 2.05) is 28.2 Å². The zero-order valence-electron chi connectivity index (χ0n) is 17.5. The van der Waals surface area contributed by atoms with Crippen molar-refractivity contribution in [3.63, 3.8) is 0 Å². The van der Waals surface area contributed by atoms with E-state index in [2.05, 4.69) is 63.3 Å². The van der Waals surface area contributed by atoms with Crippen molar-refractivity contribution in [2.24, 2.45) is 0 Å². The molecule has 0 bridgehead atoms. The third kappa shape index (κ3) is 1.76. The van der Waals surface area contributed by atoms with E-state index in [0.29, 0.717) is 5.56 Å². The lowest BCUT2D eigenvalue weighted by Crippen LogP contribution is -2.26. The van der Waals surface area contributed by atoms with Crippen LogP contribution in [0.3, 0.4) is 0 Å². The fourth-order valence-corrected chi connectivity index (χ4v) is 5.73. The fourth-order valence-electron chi connectivity index (χ4n) is 5.73. The number of esters is 1. The molecule has 6 rings (SSSR count). The number of ether oxygens (including phenoxy) is 1. The smallest absolute Gasteiger partial charge is 0.339 e. The van der Waals surface area contributed by atoms with Crippen LogP contribution in [0, 0.1) is 0 Å². The van der Waals surface area contributed by atoms with Gasteiger partial charge in [0.1, 0.15) is 0 Å². The maximum Gasteiger partial charge on any atom is 0.339 e. The number of nitrogens with zero attached hydrogens (tertiary/aromatic N) is 3. The summed E-state index contributed by atoms with van der Waals surface area (Å²) in [4.78, 5) is 21.6. The summed E-state index contributed by atoms with van der Waals surface area (Å²) in [7, 11) is 8.15. The van der Waals surface area contributed by atoms with Crippen molar-refractivity contribution in [2.75, 3.05) is 38.0 Å². The maximum atomic E-state index is 12.7. The van der Waals surface area contributed by atoms with Crippen LogP contribution in [-0.4, -0.2) is 39.1 Å². The SMILES string of the molecule is CN(C)c1ccc(C2(c3ccc(N(C)C)cc3)C3c4nccc5c4C32OC5=O)cc1. The molecule has 1 spiro atoms. The topological polar surface area (TPSA) is 45.7 Å². The molecule has 5 heteroatoms. The number of hydrogen-bond acceptors (Lipinski definition) is 5. The number of aromatic nitrogens is 1. The zero-order valence-corrected chi connectivity index (χ0v) is 17.5. The van der Waals surface area contributed by atoms with Crippen molar-refractivity contribution >= 4 is 17.3 Å². The third-order valence-electron chi connectivity index (χ3n) is 7.12. The Morgan fingerprint density at radius 3 is 1.87 bits per heavy atom. The first-order valence-electron chi connectivity index (χ1n) is 10.2. The highest BCUT2D eigenvalue weighted by Crippen LogP contribution is 2.86. The van der Waals surface area contributed by atoms with Crippen LogP contribution in [0.25, 0.3) is 0 Å². The fraction of sp³-hybridized carbons (Fsp3) is 0.280. The monoisotopic (exact) mass is 397 g/mol. The highest BCUT2D eigenvalue weighted by Gasteiger charge is 2.91. The van der Waals surface area contributed by atoms with Crippen LogP contribution in [0.2, 0.25) is 0 Å². The molecule has 2 aliphatic carbocycles. The van der Waals surface area contributed by atoms with E-state index in [1.54, 1.807) is 12.3 Å². The average Bonchev–Trinajstić information content (AvgIpc) is 3.13. The molecule has 0 saturated heterocycles. The van der Waals surface area contributed by atoms with Crippen LogP contribution in [0.15, 0.2) is 60.8 Å². The Kier molecular flexibility index (Phi) is 3.16. The molecule has 0 radical (unpaired) electrons. The number of hydrogen-bond donors (Lipinski definition) is 0. The molecule has 1 fully saturated rings. The van der Waals surface area contributed by atoms with Crippen LogP contribution in [0.1, 0.15) is 38.7 Å². The number of carbonyl (C=O) groups is 1. The maximum absolute atomic E-state index is 12.7. The molecule has 30 heavy (non-hydrogen) atoms. The second-order valence-electron chi connectivity index (χ2n) is 8.87. The Morgan fingerprint density at radius 1 is 0.833 bits per heavy atom. The van der Waals surface area contributed by atoms with Crippen LogP contribution in [0.5, 0.6) is 0 Å². The first-order chi connectivity index (χ1) is 14.4. The van der Waals surface area contributed by atoms with Gasteiger partial charge in [-0.1, -0.05) is 24.3 Å². The number of fused-ring (bicyclic) bond motifs is 1. The highest BCUT2D eigenvalue weighted by molar-refractivity contribution is 6.00. The molecular weight excluding hydrogens is 374 g/mol. The molecule has 0 N–H and O–H groups in total. The van der Waals surface area contributed by atoms with Gasteiger partial charge in [-0.15, -0.1) is 0 Å². The lowest BCUT2D eigenvalue weighted by molar-refractivity contribution is 0.0210. The van der Waals surface area contributed by atoms with Gasteiger partial charge in [0.2, 0.25) is 0 Å². The van der Waals surface area contributed by atoms with Crippen molar-refractivity contribution in [2.45, 2.75) is 16.9 Å². The van der Waals surface area contributed by atoms with Gasteiger partial charge in [0.15, 0.2) is 5.60 Å². The Labute approximate surface area is 175 Å². The summed E-state index contributed by atoms with van der Waals surface area (Å²) < 4.78 is 6.15. The van der Waals surface area contributed by atoms with Gasteiger partial charge in [-0.05, 0) is 41.5 Å². The molecular formula is C25H23N3O2. The minimum atomic E-state index is -0.623. The van der Waals surface area contributed by atoms with E-state index >= 15 is 0 Å². The molecule has 1 aliphatic heterocycles. The lowest BCUT2D eigenvalue weighted by atomic mass is 9.83. The molecule has 2 unspecified atom stereocenters. The summed E-state index contributed by atoms with van der Waals surface area (Å²) in [6.45, 7) is 0. The number of anilines is 2. The molecule has 0 amide bonds. The first kappa shape index (κ1) is 17.5. The predicted molar refractivity (Wildman–Crippen MR) is 116 cm³/mol. The van der Waals surface area contributed by atoms with Gasteiger partial charge >= 0.3 is 5.97 Å². The van der Waals surface area contributed by atoms with Crippen LogP contribution in [-0.2, 0) is 15.8 Å². The van der Waals surface area contributed by atoms with Gasteiger partial charge < -0.3 is 14.5 Å². The van der Waals surface area contributed by atoms with Crippen molar-refractivity contribution in [1.82, 2.24) is 4.98 Å². The molecule has 1 aromatic heterocycles. The first-order valence-corrected chi connectivity index (χ1v) is 10.2. The minimum Gasteiger partial charge on any atom is -0.448 e. The number of benzene rings is 2. The van der Waals surface area contributed by atoms with Crippen LogP contribution >= 0.6 is 0 Å². The number of rotatable bonds is 4. The molecule has 3 aromatic rings. The van der Waals surface area contributed by atoms with E-state index in [9.17, 15) is 4.79 Å². The molecule has 2 heterocycles. The van der Waals surface area contributed by atoms with Crippen molar-refractivity contribution < 1.29 is 9.53 Å². The van der Waals surface area contributed by atoms with Gasteiger partial charge in [-0.2, -0.15) is 0 Å². The van der Waals surface area contributed by atoms with Gasteiger partial charge in [-0.25, -0.2) is 4.79 Å². The molecule has 5 nitrogen and oxygen atoms in total. The van der Waals surface area contributed by atoms with Crippen molar-refractivity contribution in [3.05, 3.63) is 88.7 Å². The van der Waals surface area contributed by atoms with Crippen molar-refractivity contribution in [3.8, 4) is 0 Å². The van der Waals surface area contributed by atoms with E-state index in [1.165, 1.54) is 0 Å². The Morgan fingerprint density at radius 2 is 1.37 bits per heavy atom. The third-order valence-corrected chi connectivity index (χ3v) is 7.12. The number of pyridine rings is 1. The normalized spacial score (nSPS) is 23.7. The summed E-state index contributed by atoms with van der Waals surface area (Å²) in [5.74, 6) is -0.172. The number of carbonyl (C=O) groups excluding carboxylic acids is 1. The van der Waals surface area contributed by atoms with Crippen molar-refractivity contribution in [1.29, 1.82) is 0 Å². The second kappa shape index (κ2) is 5.42. The molecule has 3 aliphatic rings. The summed E-state index contributed by atoms with van der Waals surface area (Å²) in [5, 5.41) is 0. The van der Waals surface area contributed by atoms with Gasteiger partial charge in [0.25, 0.3) is 0 Å². The Hall–Kier alpha value is -3.34. The summed E-state index contributed by atoms with van der Waals surface area (Å²) >= 11 is 0. The van der Waals surface area contributed by atoms with E-state index in [0.717, 1.165) is 33.8 Å². The summed E-state index contributed by atoms with van der Waals surface area (Å²) in [6, 6.07) is 19.0. The van der Waals surface area contributed by atoms with Gasteiger partial charge in [-0.3, -0.25) is 4.98 Å². The highest BCUT2D eigenvalue weighted by atomic mass is 16.6. The van der Waals surface area contributed by atoms with E-state index in [4.69, 9.17) is 4.74 Å². The molecule has 2 aromatic carbocycles. The minimum absolute atomic E-state index is 0.0572. The van der Waals surface area contributed by atoms with Crippen LogP contribution in [0.4, 0.5) is 11.4 Å². The largest absolute Gasteiger partial charge is 0.448 e. The molecule has 2 atom stereocenters. The summed E-state index contributed by atoms with van der Waals surface area (Å²) in [6.07, 6.45) is 1.73. The van der Waals surface area contributed by atoms with Gasteiger partial charge in [0.05, 0.1) is 22.6 Å². The van der Waals surface area contributed by atoms with Gasteiger partial charge in [0, 0.05) is 51.3 Å². The predicted octanol–water partition coefficient (Wildman–Crippen LogP) is 3.68. The lowest BCUT2D eigenvalue weighted by Gasteiger charge is -2.25. The molecule has 1 saturated carbocycles. The Bertz CT molecular complexity index is 1150. The molecule has 150 valence electrons. The van der Waals surface area contributed by atoms with Crippen LogP contribution < -0.4 is 9.80 Å². The second-order valence-corrected chi connectivity index (χ2v) is 8.87. The Balaban J connectivity index is 1.57. The standard InChI is InChI=1S/C25H23N3O2/c1-27(2)17-9-5-15(6-10-17)24(16-7-11-18(12-8-16)28(3)4)22-21-20-19(13-14-26-21)23(29)30-25(20,22)24/h5-14,22H,1-4H3. The zero-order chi connectivity index (χ0) is 20.8. The summed E-state index contributed by atoms with van der Waals surface area (Å²) in [5.41, 5.74) is 6.23. The van der Waals surface area contributed by atoms with E-state index < -0.39 is 11.0 Å².